The summed E-state index contributed by atoms with van der Waals surface area (Å²) in [6.07, 6.45) is 3.44. The molecule has 72 heavy (non-hydrogen) atoms. The summed E-state index contributed by atoms with van der Waals surface area (Å²) in [5.74, 6) is 0.569. The first-order chi connectivity index (χ1) is 34.6. The Morgan fingerprint density at radius 3 is 1.40 bits per heavy atom. The lowest BCUT2D eigenvalue weighted by Crippen LogP contribution is -2.24. The quantitative estimate of drug-likeness (QED) is 0.128. The van der Waals surface area contributed by atoms with E-state index in [1.165, 1.54) is 117 Å². The van der Waals surface area contributed by atoms with E-state index in [1.54, 1.807) is 0 Å². The van der Waals surface area contributed by atoms with Crippen molar-refractivity contribution < 1.29 is 0 Å². The average molecular weight is 941 g/mol. The molecule has 0 fully saturated rings. The van der Waals surface area contributed by atoms with Gasteiger partial charge in [0.15, 0.2) is 0 Å². The van der Waals surface area contributed by atoms with E-state index >= 15 is 0 Å². The van der Waals surface area contributed by atoms with E-state index in [-0.39, 0.29) is 10.8 Å². The molecule has 1 unspecified atom stereocenters. The molecule has 0 heterocycles. The van der Waals surface area contributed by atoms with Crippen molar-refractivity contribution in [2.24, 2.45) is 0 Å². The number of aryl methyl sites for hydroxylation is 6. The number of hydrogen-bond acceptors (Lipinski definition) is 0. The molecule has 0 heteroatoms. The summed E-state index contributed by atoms with van der Waals surface area (Å²) >= 11 is 0. The van der Waals surface area contributed by atoms with Gasteiger partial charge in [-0.25, -0.2) is 0 Å². The third kappa shape index (κ3) is 10.6. The minimum atomic E-state index is -0.191. The van der Waals surface area contributed by atoms with E-state index in [4.69, 9.17) is 0 Å². The second kappa shape index (κ2) is 22.2. The minimum Gasteiger partial charge on any atom is -0.0651 e. The van der Waals surface area contributed by atoms with Gasteiger partial charge in [0.1, 0.15) is 0 Å². The number of hydrogen-bond donors (Lipinski definition) is 0. The molecule has 1 aliphatic rings. The van der Waals surface area contributed by atoms with Crippen molar-refractivity contribution in [3.05, 3.63) is 261 Å². The van der Waals surface area contributed by atoms with Gasteiger partial charge in [-0.2, -0.15) is 0 Å². The molecule has 9 aromatic carbocycles. The summed E-state index contributed by atoms with van der Waals surface area (Å²) in [4.78, 5) is 0. The molecular weight excluding hydrogens is 865 g/mol. The molecular formula is C72H76. The first kappa shape index (κ1) is 51.3. The SMILES string of the molecule is CCCc1ccc2c(c1)-c1ccc(C(C)(C)c3ccc(C(C)CC)cc3C)c(-c3cccc(-c4ccccc4)c3)c1C2(C)C.Cc1ccccc1-c1ccccc1C.Cc1ccccc1-c1ccccc1C. The van der Waals surface area contributed by atoms with Crippen LogP contribution in [0.2, 0.25) is 0 Å². The number of rotatable bonds is 10. The lowest BCUT2D eigenvalue weighted by Gasteiger charge is -2.34. The van der Waals surface area contributed by atoms with E-state index in [0.717, 1.165) is 19.3 Å². The highest BCUT2D eigenvalue weighted by molar-refractivity contribution is 5.91. The summed E-state index contributed by atoms with van der Waals surface area (Å²) in [6.45, 7) is 27.5. The van der Waals surface area contributed by atoms with Gasteiger partial charge in [-0.1, -0.05) is 249 Å². The minimum absolute atomic E-state index is 0.116. The Morgan fingerprint density at radius 1 is 0.417 bits per heavy atom. The van der Waals surface area contributed by atoms with E-state index < -0.39 is 0 Å². The van der Waals surface area contributed by atoms with E-state index in [1.807, 2.05) is 0 Å². The van der Waals surface area contributed by atoms with Crippen LogP contribution in [0.5, 0.6) is 0 Å². The van der Waals surface area contributed by atoms with Gasteiger partial charge in [-0.15, -0.1) is 0 Å². The lowest BCUT2D eigenvalue weighted by atomic mass is 9.69. The van der Waals surface area contributed by atoms with Crippen molar-refractivity contribution in [3.63, 3.8) is 0 Å². The molecule has 0 saturated carbocycles. The van der Waals surface area contributed by atoms with Crippen LogP contribution in [0.25, 0.3) is 55.6 Å². The predicted octanol–water partition coefficient (Wildman–Crippen LogP) is 20.4. The van der Waals surface area contributed by atoms with E-state index in [0.29, 0.717) is 5.92 Å². The maximum Gasteiger partial charge on any atom is 0.0165 e. The molecule has 10 rings (SSSR count). The van der Waals surface area contributed by atoms with Gasteiger partial charge in [0.2, 0.25) is 0 Å². The highest BCUT2D eigenvalue weighted by Gasteiger charge is 2.41. The standard InChI is InChI=1S/C44H48.2C14H14/c1-9-15-31-20-23-39-37(27-31)36-22-25-40(43(5,6)38-24-21-33(26-30(38)4)29(3)10-2)41(42(36)44(39,7)8)35-19-14-18-34(28-35)32-16-12-11-13-17-32;2*1-11-7-3-5-9-13(11)14-10-6-4-8-12(14)2/h11-14,16-29H,9-10,15H2,1-8H3;2*3-10H,1-2H3. The van der Waals surface area contributed by atoms with Crippen molar-refractivity contribution in [1.82, 2.24) is 0 Å². The molecule has 0 aliphatic heterocycles. The topological polar surface area (TPSA) is 0 Å². The third-order valence-corrected chi connectivity index (χ3v) is 15.6. The Morgan fingerprint density at radius 2 is 0.903 bits per heavy atom. The Kier molecular flexibility index (Phi) is 15.8. The third-order valence-electron chi connectivity index (χ3n) is 15.6. The molecule has 0 bridgehead atoms. The van der Waals surface area contributed by atoms with Crippen molar-refractivity contribution in [3.8, 4) is 55.6 Å². The van der Waals surface area contributed by atoms with Crippen LogP contribution in [0.15, 0.2) is 200 Å². The summed E-state index contributed by atoms with van der Waals surface area (Å²) in [5.41, 5.74) is 28.4. The maximum absolute atomic E-state index is 2.47. The van der Waals surface area contributed by atoms with Gasteiger partial charge in [0.05, 0.1) is 0 Å². The van der Waals surface area contributed by atoms with Gasteiger partial charge >= 0.3 is 0 Å². The first-order valence-corrected chi connectivity index (χ1v) is 26.5. The highest BCUT2D eigenvalue weighted by atomic mass is 14.4. The van der Waals surface area contributed by atoms with Gasteiger partial charge in [0, 0.05) is 10.8 Å². The fourth-order valence-corrected chi connectivity index (χ4v) is 11.3. The second-order valence-corrected chi connectivity index (χ2v) is 21.4. The molecule has 0 nitrogen and oxygen atoms in total. The molecule has 0 N–H and O–H groups in total. The van der Waals surface area contributed by atoms with Crippen molar-refractivity contribution in [1.29, 1.82) is 0 Å². The fourth-order valence-electron chi connectivity index (χ4n) is 11.3. The van der Waals surface area contributed by atoms with Crippen molar-refractivity contribution in [2.75, 3.05) is 0 Å². The summed E-state index contributed by atoms with van der Waals surface area (Å²) in [7, 11) is 0. The molecule has 1 atom stereocenters. The maximum atomic E-state index is 2.47. The zero-order chi connectivity index (χ0) is 51.2. The van der Waals surface area contributed by atoms with Gasteiger partial charge in [-0.3, -0.25) is 0 Å². The van der Waals surface area contributed by atoms with Crippen LogP contribution >= 0.6 is 0 Å². The molecule has 364 valence electrons. The van der Waals surface area contributed by atoms with Crippen LogP contribution in [-0.4, -0.2) is 0 Å². The second-order valence-electron chi connectivity index (χ2n) is 21.4. The fraction of sp³-hybridized carbons (Fsp3) is 0.250. The van der Waals surface area contributed by atoms with Gasteiger partial charge < -0.3 is 0 Å². The normalized spacial score (nSPS) is 12.7. The van der Waals surface area contributed by atoms with Crippen LogP contribution < -0.4 is 0 Å². The summed E-state index contributed by atoms with van der Waals surface area (Å²) < 4.78 is 0. The molecule has 0 saturated heterocycles. The van der Waals surface area contributed by atoms with E-state index in [9.17, 15) is 0 Å². The smallest absolute Gasteiger partial charge is 0.0165 e. The van der Waals surface area contributed by atoms with Crippen LogP contribution in [-0.2, 0) is 17.3 Å². The molecule has 0 amide bonds. The molecule has 0 aromatic heterocycles. The zero-order valence-corrected chi connectivity index (χ0v) is 45.3. The summed E-state index contributed by atoms with van der Waals surface area (Å²) in [5, 5.41) is 0. The molecule has 0 radical (unpaired) electrons. The zero-order valence-electron chi connectivity index (χ0n) is 45.3. The van der Waals surface area contributed by atoms with Crippen LogP contribution in [0.1, 0.15) is 128 Å². The Hall–Kier alpha value is -7.02. The Balaban J connectivity index is 0.000000199. The van der Waals surface area contributed by atoms with Crippen LogP contribution in [0.4, 0.5) is 0 Å². The molecule has 9 aromatic rings. The average Bonchev–Trinajstić information content (AvgIpc) is 3.62. The largest absolute Gasteiger partial charge is 0.0651 e. The van der Waals surface area contributed by atoms with Crippen molar-refractivity contribution in [2.45, 2.75) is 119 Å². The number of fused-ring (bicyclic) bond motifs is 3. The summed E-state index contributed by atoms with van der Waals surface area (Å²) in [6, 6.07) is 73.4. The van der Waals surface area contributed by atoms with Crippen molar-refractivity contribution >= 4 is 0 Å². The molecule has 1 aliphatic carbocycles. The van der Waals surface area contributed by atoms with Crippen LogP contribution in [0, 0.1) is 34.6 Å². The highest BCUT2D eigenvalue weighted by Crippen LogP contribution is 2.55. The Labute approximate surface area is 433 Å². The lowest BCUT2D eigenvalue weighted by molar-refractivity contribution is 0.625. The predicted molar refractivity (Wildman–Crippen MR) is 314 cm³/mol. The van der Waals surface area contributed by atoms with E-state index in [2.05, 4.69) is 283 Å². The van der Waals surface area contributed by atoms with Gasteiger partial charge in [-0.05, 0) is 176 Å². The first-order valence-electron chi connectivity index (χ1n) is 26.5. The van der Waals surface area contributed by atoms with Gasteiger partial charge in [0.25, 0.3) is 0 Å². The Bertz CT molecular complexity index is 3130. The monoisotopic (exact) mass is 941 g/mol. The number of benzene rings is 9. The van der Waals surface area contributed by atoms with Crippen LogP contribution in [0.3, 0.4) is 0 Å². The molecule has 0 spiro atoms.